The summed E-state index contributed by atoms with van der Waals surface area (Å²) in [7, 11) is 0. The van der Waals surface area contributed by atoms with Gasteiger partial charge in [-0.05, 0) is 19.1 Å². The van der Waals surface area contributed by atoms with Gasteiger partial charge in [0.25, 0.3) is 0 Å². The van der Waals surface area contributed by atoms with Crippen molar-refractivity contribution in [3.63, 3.8) is 0 Å². The van der Waals surface area contributed by atoms with Gasteiger partial charge in [-0.3, -0.25) is 0 Å². The fraction of sp³-hybridized carbons (Fsp3) is 0.125. The summed E-state index contributed by atoms with van der Waals surface area (Å²) in [4.78, 5) is 17.2. The average molecular weight is 299 g/mol. The molecule has 3 rings (SSSR count). The highest BCUT2D eigenvalue weighted by atomic mass is 32.1. The molecule has 1 aromatic carbocycles. The molecule has 0 spiro atoms. The van der Waals surface area contributed by atoms with Gasteiger partial charge >= 0.3 is 5.97 Å². The zero-order valence-electron chi connectivity index (χ0n) is 11.4. The molecule has 0 saturated heterocycles. The molecule has 106 valence electrons. The second kappa shape index (κ2) is 5.93. The summed E-state index contributed by atoms with van der Waals surface area (Å²) in [5, 5.41) is 0.769. The lowest BCUT2D eigenvalue weighted by Gasteiger charge is -1.99. The maximum absolute atomic E-state index is 12.1. The Morgan fingerprint density at radius 2 is 2.05 bits per heavy atom. The molecule has 0 amide bonds. The highest BCUT2D eigenvalue weighted by Crippen LogP contribution is 2.36. The molecule has 2 aromatic heterocycles. The SMILES string of the molecule is CCOC(=O)c1nc(-c2ccccc2)sc1-c1ccco1. The molecule has 0 aliphatic rings. The van der Waals surface area contributed by atoms with E-state index in [0.717, 1.165) is 10.6 Å². The summed E-state index contributed by atoms with van der Waals surface area (Å²) in [6.07, 6.45) is 1.58. The molecule has 0 N–H and O–H groups in total. The Balaban J connectivity index is 2.09. The number of carbonyl (C=O) groups is 1. The minimum absolute atomic E-state index is 0.302. The Morgan fingerprint density at radius 1 is 1.24 bits per heavy atom. The van der Waals surface area contributed by atoms with Gasteiger partial charge in [-0.15, -0.1) is 11.3 Å². The van der Waals surface area contributed by atoms with E-state index >= 15 is 0 Å². The summed E-state index contributed by atoms with van der Waals surface area (Å²) >= 11 is 1.42. The van der Waals surface area contributed by atoms with E-state index in [2.05, 4.69) is 4.98 Å². The lowest BCUT2D eigenvalue weighted by atomic mass is 10.2. The van der Waals surface area contributed by atoms with Gasteiger partial charge in [0.1, 0.15) is 15.6 Å². The number of furan rings is 1. The van der Waals surface area contributed by atoms with Crippen LogP contribution >= 0.6 is 11.3 Å². The topological polar surface area (TPSA) is 52.3 Å². The van der Waals surface area contributed by atoms with E-state index in [1.165, 1.54) is 11.3 Å². The molecule has 3 aromatic rings. The number of benzene rings is 1. The lowest BCUT2D eigenvalue weighted by molar-refractivity contribution is 0.0521. The van der Waals surface area contributed by atoms with Crippen molar-refractivity contribution in [1.29, 1.82) is 0 Å². The number of esters is 1. The molecule has 0 atom stereocenters. The first kappa shape index (κ1) is 13.6. The van der Waals surface area contributed by atoms with Gasteiger partial charge in [0, 0.05) is 5.56 Å². The molecule has 0 unspecified atom stereocenters. The number of ether oxygens (including phenoxy) is 1. The third-order valence-corrected chi connectivity index (χ3v) is 3.98. The Morgan fingerprint density at radius 3 is 2.71 bits per heavy atom. The van der Waals surface area contributed by atoms with Crippen LogP contribution in [0.2, 0.25) is 0 Å². The lowest BCUT2D eigenvalue weighted by Crippen LogP contribution is -2.06. The molecular weight excluding hydrogens is 286 g/mol. The normalized spacial score (nSPS) is 10.5. The second-order valence-corrected chi connectivity index (χ2v) is 5.26. The molecule has 0 fully saturated rings. The van der Waals surface area contributed by atoms with Crippen molar-refractivity contribution >= 4 is 17.3 Å². The molecule has 0 radical (unpaired) electrons. The monoisotopic (exact) mass is 299 g/mol. The summed E-state index contributed by atoms with van der Waals surface area (Å²) in [5.74, 6) is 0.195. The third kappa shape index (κ3) is 2.73. The van der Waals surface area contributed by atoms with E-state index in [1.807, 2.05) is 36.4 Å². The first-order valence-electron chi connectivity index (χ1n) is 6.57. The van der Waals surface area contributed by atoms with Crippen LogP contribution in [0.1, 0.15) is 17.4 Å². The van der Waals surface area contributed by atoms with Gasteiger partial charge in [-0.1, -0.05) is 30.3 Å². The number of aromatic nitrogens is 1. The van der Waals surface area contributed by atoms with Crippen molar-refractivity contribution in [2.75, 3.05) is 6.61 Å². The number of thiazole rings is 1. The van der Waals surface area contributed by atoms with E-state index in [-0.39, 0.29) is 0 Å². The van der Waals surface area contributed by atoms with Crippen LogP contribution < -0.4 is 0 Å². The number of rotatable bonds is 4. The predicted molar refractivity (Wildman–Crippen MR) is 81.2 cm³/mol. The molecule has 0 bridgehead atoms. The minimum atomic E-state index is -0.428. The van der Waals surface area contributed by atoms with Crippen molar-refractivity contribution < 1.29 is 13.9 Å². The van der Waals surface area contributed by atoms with Crippen LogP contribution in [0.3, 0.4) is 0 Å². The van der Waals surface area contributed by atoms with Crippen LogP contribution in [0.4, 0.5) is 0 Å². The zero-order valence-corrected chi connectivity index (χ0v) is 12.2. The number of hydrogen-bond acceptors (Lipinski definition) is 5. The van der Waals surface area contributed by atoms with Crippen LogP contribution in [0.5, 0.6) is 0 Å². The molecule has 0 aliphatic carbocycles. The van der Waals surface area contributed by atoms with Crippen molar-refractivity contribution in [1.82, 2.24) is 4.98 Å². The standard InChI is InChI=1S/C16H13NO3S/c1-2-19-16(18)13-14(12-9-6-10-20-12)21-15(17-13)11-7-4-3-5-8-11/h3-10H,2H2,1H3. The molecule has 2 heterocycles. The van der Waals surface area contributed by atoms with Gasteiger partial charge in [-0.2, -0.15) is 0 Å². The van der Waals surface area contributed by atoms with Gasteiger partial charge < -0.3 is 9.15 Å². The van der Waals surface area contributed by atoms with Gasteiger partial charge in [0.2, 0.25) is 0 Å². The summed E-state index contributed by atoms with van der Waals surface area (Å²) in [6, 6.07) is 13.3. The zero-order chi connectivity index (χ0) is 14.7. The first-order valence-corrected chi connectivity index (χ1v) is 7.38. The van der Waals surface area contributed by atoms with Crippen LogP contribution in [0, 0.1) is 0 Å². The van der Waals surface area contributed by atoms with Crippen molar-refractivity contribution in [2.45, 2.75) is 6.92 Å². The minimum Gasteiger partial charge on any atom is -0.463 e. The average Bonchev–Trinajstić information content (AvgIpc) is 3.17. The van der Waals surface area contributed by atoms with Crippen molar-refractivity contribution in [3.8, 4) is 21.2 Å². The third-order valence-electron chi connectivity index (χ3n) is 2.86. The quantitative estimate of drug-likeness (QED) is 0.676. The van der Waals surface area contributed by atoms with Crippen LogP contribution in [-0.2, 0) is 4.74 Å². The maximum Gasteiger partial charge on any atom is 0.358 e. The number of nitrogens with zero attached hydrogens (tertiary/aromatic N) is 1. The number of carbonyl (C=O) groups excluding carboxylic acids is 1. The fourth-order valence-electron chi connectivity index (χ4n) is 1.94. The summed E-state index contributed by atoms with van der Waals surface area (Å²) in [6.45, 7) is 2.09. The Labute approximate surface area is 126 Å². The first-order chi connectivity index (χ1) is 10.3. The van der Waals surface area contributed by atoms with Crippen LogP contribution in [0.25, 0.3) is 21.2 Å². The smallest absolute Gasteiger partial charge is 0.358 e. The molecular formula is C16H13NO3S. The Bertz CT molecular complexity index is 732. The molecule has 0 aliphatic heterocycles. The molecule has 0 saturated carbocycles. The second-order valence-electron chi connectivity index (χ2n) is 4.26. The molecule has 4 nitrogen and oxygen atoms in total. The van der Waals surface area contributed by atoms with E-state index < -0.39 is 5.97 Å². The van der Waals surface area contributed by atoms with E-state index in [0.29, 0.717) is 22.9 Å². The summed E-state index contributed by atoms with van der Waals surface area (Å²) in [5.41, 5.74) is 1.27. The van der Waals surface area contributed by atoms with E-state index in [1.54, 1.807) is 19.3 Å². The Kier molecular flexibility index (Phi) is 3.83. The van der Waals surface area contributed by atoms with Crippen molar-refractivity contribution in [2.24, 2.45) is 0 Å². The number of hydrogen-bond donors (Lipinski definition) is 0. The molecule has 5 heteroatoms. The summed E-state index contributed by atoms with van der Waals surface area (Å²) < 4.78 is 10.5. The predicted octanol–water partition coefficient (Wildman–Crippen LogP) is 4.25. The maximum atomic E-state index is 12.1. The Hall–Kier alpha value is -2.40. The molecule has 21 heavy (non-hydrogen) atoms. The largest absolute Gasteiger partial charge is 0.463 e. The fourth-order valence-corrected chi connectivity index (χ4v) is 2.96. The highest BCUT2D eigenvalue weighted by Gasteiger charge is 2.22. The van der Waals surface area contributed by atoms with Gasteiger partial charge in [0.15, 0.2) is 5.69 Å². The van der Waals surface area contributed by atoms with E-state index in [4.69, 9.17) is 9.15 Å². The van der Waals surface area contributed by atoms with Crippen LogP contribution in [0.15, 0.2) is 53.1 Å². The van der Waals surface area contributed by atoms with Crippen LogP contribution in [-0.4, -0.2) is 17.6 Å². The van der Waals surface area contributed by atoms with Crippen molar-refractivity contribution in [3.05, 3.63) is 54.4 Å². The highest BCUT2D eigenvalue weighted by molar-refractivity contribution is 7.18. The van der Waals surface area contributed by atoms with E-state index in [9.17, 15) is 4.79 Å². The van der Waals surface area contributed by atoms with Gasteiger partial charge in [0.05, 0.1) is 12.9 Å². The van der Waals surface area contributed by atoms with Gasteiger partial charge in [-0.25, -0.2) is 9.78 Å².